The van der Waals surface area contributed by atoms with Crippen LogP contribution in [0.2, 0.25) is 0 Å². The minimum absolute atomic E-state index is 0.165. The van der Waals surface area contributed by atoms with Crippen LogP contribution >= 0.6 is 0 Å². The van der Waals surface area contributed by atoms with Crippen molar-refractivity contribution >= 4 is 17.6 Å². The normalized spacial score (nSPS) is 18.3. The molecule has 0 aromatic heterocycles. The van der Waals surface area contributed by atoms with Crippen LogP contribution < -0.4 is 16.8 Å². The zero-order valence-corrected chi connectivity index (χ0v) is 11.7. The van der Waals surface area contributed by atoms with E-state index in [1.807, 2.05) is 0 Å². The molecule has 1 aliphatic rings. The van der Waals surface area contributed by atoms with Crippen LogP contribution in [-0.4, -0.2) is 41.6 Å². The van der Waals surface area contributed by atoms with Crippen molar-refractivity contribution in [3.8, 4) is 5.75 Å². The van der Waals surface area contributed by atoms with Crippen molar-refractivity contribution in [1.82, 2.24) is 10.2 Å². The minimum atomic E-state index is -0.563. The Morgan fingerprint density at radius 3 is 2.90 bits per heavy atom. The Bertz CT molecular complexity index is 547. The molecule has 6 N–H and O–H groups in total. The summed E-state index contributed by atoms with van der Waals surface area (Å²) >= 11 is 0. The molecule has 3 amide bonds. The van der Waals surface area contributed by atoms with Gasteiger partial charge in [0.25, 0.3) is 5.91 Å². The van der Waals surface area contributed by atoms with Crippen molar-refractivity contribution < 1.29 is 14.7 Å². The van der Waals surface area contributed by atoms with Crippen molar-refractivity contribution in [3.63, 3.8) is 0 Å². The lowest BCUT2D eigenvalue weighted by atomic mass is 9.97. The van der Waals surface area contributed by atoms with E-state index in [1.165, 1.54) is 0 Å². The summed E-state index contributed by atoms with van der Waals surface area (Å²) in [5, 5.41) is 12.5. The summed E-state index contributed by atoms with van der Waals surface area (Å²) in [5.41, 5.74) is 11.1. The van der Waals surface area contributed by atoms with Gasteiger partial charge in [-0.05, 0) is 30.9 Å². The molecule has 1 aromatic carbocycles. The number of rotatable bonds is 3. The number of likely N-dealkylation sites (tertiary alicyclic amines) is 1. The summed E-state index contributed by atoms with van der Waals surface area (Å²) in [7, 11) is 0. The predicted molar refractivity (Wildman–Crippen MR) is 78.7 cm³/mol. The fourth-order valence-corrected chi connectivity index (χ4v) is 2.57. The number of nitrogens with zero attached hydrogens (tertiary/aromatic N) is 1. The van der Waals surface area contributed by atoms with Gasteiger partial charge in [-0.3, -0.25) is 4.79 Å². The third-order valence-electron chi connectivity index (χ3n) is 3.67. The largest absolute Gasteiger partial charge is 0.505 e. The summed E-state index contributed by atoms with van der Waals surface area (Å²) in [6.07, 6.45) is 1.77. The van der Waals surface area contributed by atoms with Gasteiger partial charge in [-0.2, -0.15) is 0 Å². The molecule has 1 aromatic rings. The fourth-order valence-electron chi connectivity index (χ4n) is 2.57. The third kappa shape index (κ3) is 3.56. The van der Waals surface area contributed by atoms with Crippen molar-refractivity contribution in [1.29, 1.82) is 0 Å². The van der Waals surface area contributed by atoms with Crippen LogP contribution in [0.15, 0.2) is 18.2 Å². The van der Waals surface area contributed by atoms with Crippen LogP contribution in [0.25, 0.3) is 0 Å². The average molecular weight is 292 g/mol. The van der Waals surface area contributed by atoms with E-state index in [-0.39, 0.29) is 28.8 Å². The van der Waals surface area contributed by atoms with E-state index in [4.69, 9.17) is 11.5 Å². The number of primary amides is 1. The number of amides is 3. The molecule has 7 nitrogen and oxygen atoms in total. The average Bonchev–Trinajstić information content (AvgIpc) is 2.47. The van der Waals surface area contributed by atoms with E-state index in [1.54, 1.807) is 23.1 Å². The number of anilines is 1. The van der Waals surface area contributed by atoms with Crippen molar-refractivity contribution in [3.05, 3.63) is 23.8 Å². The first-order valence-corrected chi connectivity index (χ1v) is 6.89. The Morgan fingerprint density at radius 2 is 2.19 bits per heavy atom. The Labute approximate surface area is 122 Å². The van der Waals surface area contributed by atoms with E-state index in [9.17, 15) is 14.7 Å². The monoisotopic (exact) mass is 292 g/mol. The molecule has 1 fully saturated rings. The molecule has 0 aliphatic carbocycles. The van der Waals surface area contributed by atoms with Gasteiger partial charge in [-0.15, -0.1) is 0 Å². The molecule has 1 heterocycles. The number of nitrogens with two attached hydrogens (primary N) is 2. The van der Waals surface area contributed by atoms with Gasteiger partial charge in [0.05, 0.1) is 11.3 Å². The first-order valence-electron chi connectivity index (χ1n) is 6.89. The lowest BCUT2D eigenvalue weighted by Crippen LogP contribution is -2.44. The van der Waals surface area contributed by atoms with E-state index in [0.717, 1.165) is 12.8 Å². The molecule has 0 spiro atoms. The number of phenols is 1. The number of hydrogen-bond acceptors (Lipinski definition) is 4. The number of piperidine rings is 1. The highest BCUT2D eigenvalue weighted by molar-refractivity contribution is 5.98. The smallest absolute Gasteiger partial charge is 0.312 e. The number of carbonyl (C=O) groups excluding carboxylic acids is 2. The standard InChI is InChI=1S/C14H20N4O3/c15-11-5-1-4-10(12(11)19)13(20)18-6-2-3-9(8-18)7-17-14(16)21/h1,4-5,9,19H,2-3,6-8,15H2,(H3,16,17,21). The summed E-state index contributed by atoms with van der Waals surface area (Å²) in [4.78, 5) is 24.9. The molecule has 0 saturated carbocycles. The van der Waals surface area contributed by atoms with Crippen LogP contribution in [0.4, 0.5) is 10.5 Å². The van der Waals surface area contributed by atoms with Crippen molar-refractivity contribution in [2.45, 2.75) is 12.8 Å². The topological polar surface area (TPSA) is 122 Å². The molecule has 1 atom stereocenters. The number of aromatic hydroxyl groups is 1. The minimum Gasteiger partial charge on any atom is -0.505 e. The van der Waals surface area contributed by atoms with Gasteiger partial charge in [-0.25, -0.2) is 4.79 Å². The van der Waals surface area contributed by atoms with Crippen molar-refractivity contribution in [2.24, 2.45) is 11.7 Å². The van der Waals surface area contributed by atoms with Gasteiger partial charge in [0.15, 0.2) is 5.75 Å². The first kappa shape index (κ1) is 15.0. The van der Waals surface area contributed by atoms with Crippen LogP contribution in [0.3, 0.4) is 0 Å². The zero-order chi connectivity index (χ0) is 15.4. The second-order valence-corrected chi connectivity index (χ2v) is 5.25. The first-order chi connectivity index (χ1) is 9.99. The summed E-state index contributed by atoms with van der Waals surface area (Å²) in [5.74, 6) is -0.262. The Morgan fingerprint density at radius 1 is 1.43 bits per heavy atom. The molecule has 2 rings (SSSR count). The summed E-state index contributed by atoms with van der Waals surface area (Å²) < 4.78 is 0. The number of phenolic OH excluding ortho intramolecular Hbond substituents is 1. The number of carbonyl (C=O) groups is 2. The van der Waals surface area contributed by atoms with Crippen molar-refractivity contribution in [2.75, 3.05) is 25.4 Å². The van der Waals surface area contributed by atoms with Crippen LogP contribution in [-0.2, 0) is 0 Å². The fraction of sp³-hybridized carbons (Fsp3) is 0.429. The SMILES string of the molecule is NC(=O)NCC1CCCN(C(=O)c2cccc(N)c2O)C1. The number of para-hydroxylation sites is 1. The molecule has 21 heavy (non-hydrogen) atoms. The van der Waals surface area contributed by atoms with Gasteiger partial charge in [0.2, 0.25) is 0 Å². The van der Waals surface area contributed by atoms with Crippen LogP contribution in [0, 0.1) is 5.92 Å². The van der Waals surface area contributed by atoms with Gasteiger partial charge < -0.3 is 26.8 Å². The highest BCUT2D eigenvalue weighted by atomic mass is 16.3. The lowest BCUT2D eigenvalue weighted by Gasteiger charge is -2.33. The van der Waals surface area contributed by atoms with Gasteiger partial charge in [0, 0.05) is 19.6 Å². The molecule has 114 valence electrons. The summed E-state index contributed by atoms with van der Waals surface area (Å²) in [6.45, 7) is 1.59. The molecule has 1 saturated heterocycles. The number of nitrogens with one attached hydrogen (secondary N) is 1. The lowest BCUT2D eigenvalue weighted by molar-refractivity contribution is 0.0672. The second kappa shape index (κ2) is 6.34. The van der Waals surface area contributed by atoms with E-state index < -0.39 is 6.03 Å². The van der Waals surface area contributed by atoms with E-state index in [2.05, 4.69) is 5.32 Å². The van der Waals surface area contributed by atoms with E-state index in [0.29, 0.717) is 19.6 Å². The molecule has 7 heteroatoms. The van der Waals surface area contributed by atoms with Crippen LogP contribution in [0.5, 0.6) is 5.75 Å². The van der Waals surface area contributed by atoms with Crippen LogP contribution in [0.1, 0.15) is 23.2 Å². The van der Waals surface area contributed by atoms with Gasteiger partial charge in [0.1, 0.15) is 0 Å². The maximum atomic E-state index is 12.5. The molecular formula is C14H20N4O3. The maximum absolute atomic E-state index is 12.5. The Kier molecular flexibility index (Phi) is 4.52. The highest BCUT2D eigenvalue weighted by Crippen LogP contribution is 2.27. The number of hydrogen-bond donors (Lipinski definition) is 4. The van der Waals surface area contributed by atoms with E-state index >= 15 is 0 Å². The Balaban J connectivity index is 2.05. The maximum Gasteiger partial charge on any atom is 0.312 e. The van der Waals surface area contributed by atoms with Gasteiger partial charge >= 0.3 is 6.03 Å². The van der Waals surface area contributed by atoms with Gasteiger partial charge in [-0.1, -0.05) is 6.07 Å². The molecule has 0 bridgehead atoms. The number of urea groups is 1. The quantitative estimate of drug-likeness (QED) is 0.478. The highest BCUT2D eigenvalue weighted by Gasteiger charge is 2.26. The number of nitrogen functional groups attached to an aromatic ring is 1. The summed E-state index contributed by atoms with van der Waals surface area (Å²) in [6, 6.07) is 4.17. The molecular weight excluding hydrogens is 272 g/mol. The predicted octanol–water partition coefficient (Wildman–Crippen LogP) is 0.495. The second-order valence-electron chi connectivity index (χ2n) is 5.25. The third-order valence-corrected chi connectivity index (χ3v) is 3.67. The zero-order valence-electron chi connectivity index (χ0n) is 11.7. The number of benzene rings is 1. The Hall–Kier alpha value is -2.44. The molecule has 1 unspecified atom stereocenters. The molecule has 1 aliphatic heterocycles. The molecule has 0 radical (unpaired) electrons.